The maximum absolute atomic E-state index is 12.0. The molecular formula is C13H18ClN3O3. The van der Waals surface area contributed by atoms with Crippen molar-refractivity contribution in [3.63, 3.8) is 0 Å². The number of carbonyl (C=O) groups is 2. The molecule has 1 heterocycles. The van der Waals surface area contributed by atoms with E-state index in [9.17, 15) is 9.59 Å². The molecule has 2 amide bonds. The SMILES string of the molecule is CC1Oc2c(cccc2C(=O)NCCCN)NC1=O.Cl. The van der Waals surface area contributed by atoms with Gasteiger partial charge in [0.1, 0.15) is 0 Å². The number of para-hydroxylation sites is 1. The fourth-order valence-corrected chi connectivity index (χ4v) is 1.81. The van der Waals surface area contributed by atoms with Crippen LogP contribution in [0.3, 0.4) is 0 Å². The molecule has 0 fully saturated rings. The predicted octanol–water partition coefficient (Wildman–Crippen LogP) is 0.906. The van der Waals surface area contributed by atoms with Crippen LogP contribution in [0.4, 0.5) is 5.69 Å². The Bertz CT molecular complexity index is 508. The minimum atomic E-state index is -0.606. The molecule has 1 atom stereocenters. The van der Waals surface area contributed by atoms with Gasteiger partial charge in [0.25, 0.3) is 11.8 Å². The highest BCUT2D eigenvalue weighted by Crippen LogP contribution is 2.33. The number of nitrogens with one attached hydrogen (secondary N) is 2. The smallest absolute Gasteiger partial charge is 0.265 e. The first-order chi connectivity index (χ1) is 9.13. The van der Waals surface area contributed by atoms with Crippen molar-refractivity contribution in [2.24, 2.45) is 5.73 Å². The number of fused-ring (bicyclic) bond motifs is 1. The number of rotatable bonds is 4. The maximum Gasteiger partial charge on any atom is 0.265 e. The zero-order valence-electron chi connectivity index (χ0n) is 11.1. The molecule has 2 rings (SSSR count). The monoisotopic (exact) mass is 299 g/mol. The average Bonchev–Trinajstić information content (AvgIpc) is 2.39. The normalized spacial score (nSPS) is 16.3. The average molecular weight is 300 g/mol. The van der Waals surface area contributed by atoms with Gasteiger partial charge in [0.15, 0.2) is 11.9 Å². The Balaban J connectivity index is 0.00000200. The van der Waals surface area contributed by atoms with Crippen LogP contribution < -0.4 is 21.1 Å². The first kappa shape index (κ1) is 16.3. The number of hydrogen-bond donors (Lipinski definition) is 3. The van der Waals surface area contributed by atoms with Crippen LogP contribution in [0.2, 0.25) is 0 Å². The van der Waals surface area contributed by atoms with Crippen LogP contribution in [0.15, 0.2) is 18.2 Å². The molecule has 1 aromatic carbocycles. The number of amides is 2. The van der Waals surface area contributed by atoms with Gasteiger partial charge in [0.05, 0.1) is 11.3 Å². The fraction of sp³-hybridized carbons (Fsp3) is 0.385. The molecule has 4 N–H and O–H groups in total. The number of benzene rings is 1. The number of nitrogens with two attached hydrogens (primary N) is 1. The third kappa shape index (κ3) is 3.40. The van der Waals surface area contributed by atoms with E-state index in [4.69, 9.17) is 10.5 Å². The summed E-state index contributed by atoms with van der Waals surface area (Å²) in [7, 11) is 0. The highest BCUT2D eigenvalue weighted by molar-refractivity contribution is 6.03. The second kappa shape index (κ2) is 7.12. The lowest BCUT2D eigenvalue weighted by molar-refractivity contribution is -0.122. The summed E-state index contributed by atoms with van der Waals surface area (Å²) in [6.07, 6.45) is 0.111. The molecule has 0 saturated carbocycles. The molecule has 20 heavy (non-hydrogen) atoms. The van der Waals surface area contributed by atoms with Crippen molar-refractivity contribution in [3.8, 4) is 5.75 Å². The van der Waals surface area contributed by atoms with E-state index < -0.39 is 6.10 Å². The van der Waals surface area contributed by atoms with Crippen LogP contribution in [0.25, 0.3) is 0 Å². The van der Waals surface area contributed by atoms with Crippen molar-refractivity contribution in [2.45, 2.75) is 19.4 Å². The second-order valence-corrected chi connectivity index (χ2v) is 4.33. The molecule has 0 radical (unpaired) electrons. The highest BCUT2D eigenvalue weighted by atomic mass is 35.5. The van der Waals surface area contributed by atoms with Crippen molar-refractivity contribution in [2.75, 3.05) is 18.4 Å². The lowest BCUT2D eigenvalue weighted by atomic mass is 10.1. The van der Waals surface area contributed by atoms with Crippen LogP contribution >= 0.6 is 12.4 Å². The van der Waals surface area contributed by atoms with E-state index in [0.29, 0.717) is 30.1 Å². The maximum atomic E-state index is 12.0. The third-order valence-corrected chi connectivity index (χ3v) is 2.85. The summed E-state index contributed by atoms with van der Waals surface area (Å²) in [6.45, 7) is 2.68. The number of halogens is 1. The Kier molecular flexibility index (Phi) is 5.79. The van der Waals surface area contributed by atoms with Crippen LogP contribution in [0.1, 0.15) is 23.7 Å². The fourth-order valence-electron chi connectivity index (χ4n) is 1.81. The van der Waals surface area contributed by atoms with Crippen LogP contribution in [0, 0.1) is 0 Å². The van der Waals surface area contributed by atoms with E-state index >= 15 is 0 Å². The van der Waals surface area contributed by atoms with Gasteiger partial charge < -0.3 is 21.1 Å². The molecule has 0 saturated heterocycles. The van der Waals surface area contributed by atoms with E-state index in [1.807, 2.05) is 0 Å². The first-order valence-electron chi connectivity index (χ1n) is 6.22. The second-order valence-electron chi connectivity index (χ2n) is 4.33. The molecule has 0 bridgehead atoms. The van der Waals surface area contributed by atoms with Crippen LogP contribution in [-0.4, -0.2) is 31.0 Å². The zero-order chi connectivity index (χ0) is 13.8. The standard InChI is InChI=1S/C13H17N3O3.ClH/c1-8-12(17)16-10-5-2-4-9(11(10)19-8)13(18)15-7-3-6-14;/h2,4-5,8H,3,6-7,14H2,1H3,(H,15,18)(H,16,17);1H. The van der Waals surface area contributed by atoms with Gasteiger partial charge in [-0.05, 0) is 32.0 Å². The summed E-state index contributed by atoms with van der Waals surface area (Å²) < 4.78 is 5.51. The van der Waals surface area contributed by atoms with Crippen molar-refractivity contribution in [3.05, 3.63) is 23.8 Å². The molecule has 6 nitrogen and oxygen atoms in total. The van der Waals surface area contributed by atoms with Crippen molar-refractivity contribution < 1.29 is 14.3 Å². The Labute approximate surface area is 123 Å². The summed E-state index contributed by atoms with van der Waals surface area (Å²) in [6, 6.07) is 5.08. The summed E-state index contributed by atoms with van der Waals surface area (Å²) in [5, 5.41) is 5.47. The van der Waals surface area contributed by atoms with Crippen LogP contribution in [0.5, 0.6) is 5.75 Å². The summed E-state index contributed by atoms with van der Waals surface area (Å²) >= 11 is 0. The number of ether oxygens (including phenoxy) is 1. The molecule has 1 aromatic rings. The van der Waals surface area contributed by atoms with Gasteiger partial charge >= 0.3 is 0 Å². The summed E-state index contributed by atoms with van der Waals surface area (Å²) in [4.78, 5) is 23.5. The van der Waals surface area contributed by atoms with Crippen molar-refractivity contribution in [1.29, 1.82) is 0 Å². The molecule has 0 aliphatic carbocycles. The predicted molar refractivity (Wildman–Crippen MR) is 78.4 cm³/mol. The van der Waals surface area contributed by atoms with E-state index in [0.717, 1.165) is 6.42 Å². The van der Waals surface area contributed by atoms with Crippen molar-refractivity contribution in [1.82, 2.24) is 5.32 Å². The Morgan fingerprint density at radius 2 is 2.25 bits per heavy atom. The van der Waals surface area contributed by atoms with Gasteiger partial charge in [0.2, 0.25) is 0 Å². The van der Waals surface area contributed by atoms with Gasteiger partial charge in [-0.15, -0.1) is 12.4 Å². The minimum Gasteiger partial charge on any atom is -0.478 e. The molecule has 0 aromatic heterocycles. The topological polar surface area (TPSA) is 93.4 Å². The molecule has 1 aliphatic rings. The van der Waals surface area contributed by atoms with Gasteiger partial charge in [-0.2, -0.15) is 0 Å². The number of hydrogen-bond acceptors (Lipinski definition) is 4. The number of carbonyl (C=O) groups excluding carboxylic acids is 2. The van der Waals surface area contributed by atoms with E-state index in [-0.39, 0.29) is 24.2 Å². The van der Waals surface area contributed by atoms with Gasteiger partial charge in [0, 0.05) is 6.54 Å². The Hall–Kier alpha value is -1.79. The summed E-state index contributed by atoms with van der Waals surface area (Å²) in [5.74, 6) is -0.0262. The lowest BCUT2D eigenvalue weighted by Gasteiger charge is -2.25. The lowest BCUT2D eigenvalue weighted by Crippen LogP contribution is -2.36. The van der Waals surface area contributed by atoms with Crippen molar-refractivity contribution >= 4 is 29.9 Å². The van der Waals surface area contributed by atoms with Crippen LogP contribution in [-0.2, 0) is 4.79 Å². The Morgan fingerprint density at radius 3 is 2.95 bits per heavy atom. The van der Waals surface area contributed by atoms with E-state index in [1.54, 1.807) is 25.1 Å². The number of anilines is 1. The summed E-state index contributed by atoms with van der Waals surface area (Å²) in [5.41, 5.74) is 6.31. The van der Waals surface area contributed by atoms with E-state index in [2.05, 4.69) is 10.6 Å². The quantitative estimate of drug-likeness (QED) is 0.720. The van der Waals surface area contributed by atoms with Gasteiger partial charge in [-0.1, -0.05) is 6.07 Å². The molecule has 7 heteroatoms. The highest BCUT2D eigenvalue weighted by Gasteiger charge is 2.27. The molecule has 1 aliphatic heterocycles. The molecule has 1 unspecified atom stereocenters. The van der Waals surface area contributed by atoms with Gasteiger partial charge in [-0.3, -0.25) is 9.59 Å². The third-order valence-electron chi connectivity index (χ3n) is 2.85. The Morgan fingerprint density at radius 1 is 1.50 bits per heavy atom. The van der Waals surface area contributed by atoms with E-state index in [1.165, 1.54) is 0 Å². The van der Waals surface area contributed by atoms with Gasteiger partial charge in [-0.25, -0.2) is 0 Å². The zero-order valence-corrected chi connectivity index (χ0v) is 12.0. The first-order valence-corrected chi connectivity index (χ1v) is 6.22. The molecule has 110 valence electrons. The molecule has 0 spiro atoms. The molecular weight excluding hydrogens is 282 g/mol. The largest absolute Gasteiger partial charge is 0.478 e. The minimum absolute atomic E-state index is 0.